The lowest BCUT2D eigenvalue weighted by molar-refractivity contribution is 1.34. The average molecular weight is 255 g/mol. The van der Waals surface area contributed by atoms with Crippen molar-refractivity contribution in [1.82, 2.24) is 4.98 Å². The van der Waals surface area contributed by atoms with Crippen LogP contribution in [0.5, 0.6) is 0 Å². The van der Waals surface area contributed by atoms with Gasteiger partial charge < -0.3 is 5.73 Å². The lowest BCUT2D eigenvalue weighted by Crippen LogP contribution is -1.93. The number of anilines is 1. The van der Waals surface area contributed by atoms with Gasteiger partial charge in [0, 0.05) is 22.2 Å². The van der Waals surface area contributed by atoms with E-state index in [-0.39, 0.29) is 0 Å². The van der Waals surface area contributed by atoms with Gasteiger partial charge in [-0.2, -0.15) is 0 Å². The number of pyridine rings is 1. The predicted octanol–water partition coefficient (Wildman–Crippen LogP) is 4.14. The lowest BCUT2D eigenvalue weighted by Gasteiger charge is -2.09. The van der Waals surface area contributed by atoms with E-state index in [2.05, 4.69) is 4.98 Å². The minimum Gasteiger partial charge on any atom is -0.383 e. The van der Waals surface area contributed by atoms with Crippen LogP contribution in [0.1, 0.15) is 0 Å². The Bertz CT molecular complexity index is 723. The van der Waals surface area contributed by atoms with Crippen molar-refractivity contribution in [2.75, 3.05) is 5.73 Å². The van der Waals surface area contributed by atoms with Gasteiger partial charge in [0.2, 0.25) is 0 Å². The van der Waals surface area contributed by atoms with Crippen LogP contribution in [0.15, 0.2) is 54.7 Å². The molecule has 3 heteroatoms. The van der Waals surface area contributed by atoms with E-state index in [4.69, 9.17) is 17.3 Å². The van der Waals surface area contributed by atoms with Crippen molar-refractivity contribution in [2.45, 2.75) is 0 Å². The minimum absolute atomic E-state index is 0.532. The van der Waals surface area contributed by atoms with Crippen molar-refractivity contribution in [3.05, 3.63) is 59.8 Å². The molecule has 18 heavy (non-hydrogen) atoms. The van der Waals surface area contributed by atoms with Crippen LogP contribution in [0.4, 0.5) is 5.82 Å². The van der Waals surface area contributed by atoms with E-state index >= 15 is 0 Å². The zero-order chi connectivity index (χ0) is 12.5. The van der Waals surface area contributed by atoms with Crippen molar-refractivity contribution in [3.63, 3.8) is 0 Å². The molecule has 0 saturated heterocycles. The molecule has 0 spiro atoms. The monoisotopic (exact) mass is 254 g/mol. The molecule has 1 aromatic heterocycles. The third-order valence-corrected chi connectivity index (χ3v) is 3.33. The molecule has 3 aromatic rings. The second kappa shape index (κ2) is 4.31. The Morgan fingerprint density at radius 2 is 1.61 bits per heavy atom. The average Bonchev–Trinajstić information content (AvgIpc) is 2.41. The standard InChI is InChI=1S/C15H11ClN2/c16-14-8-7-11(10-4-1-2-5-12(10)14)13-6-3-9-18-15(13)17/h1-9H,(H2,17,18). The van der Waals surface area contributed by atoms with Gasteiger partial charge in [-0.1, -0.05) is 41.9 Å². The van der Waals surface area contributed by atoms with Gasteiger partial charge in [0.1, 0.15) is 5.82 Å². The summed E-state index contributed by atoms with van der Waals surface area (Å²) in [7, 11) is 0. The van der Waals surface area contributed by atoms with Crippen LogP contribution in [-0.2, 0) is 0 Å². The van der Waals surface area contributed by atoms with E-state index in [9.17, 15) is 0 Å². The summed E-state index contributed by atoms with van der Waals surface area (Å²) in [6.07, 6.45) is 1.69. The number of rotatable bonds is 1. The Kier molecular flexibility index (Phi) is 2.65. The summed E-state index contributed by atoms with van der Waals surface area (Å²) in [5.41, 5.74) is 7.93. The number of fused-ring (bicyclic) bond motifs is 1. The van der Waals surface area contributed by atoms with E-state index < -0.39 is 0 Å². The molecule has 0 fully saturated rings. The van der Waals surface area contributed by atoms with E-state index in [1.165, 1.54) is 0 Å². The molecule has 0 unspecified atom stereocenters. The molecule has 3 rings (SSSR count). The zero-order valence-corrected chi connectivity index (χ0v) is 10.4. The number of nitrogens with zero attached hydrogens (tertiary/aromatic N) is 1. The van der Waals surface area contributed by atoms with Crippen molar-refractivity contribution in [1.29, 1.82) is 0 Å². The Hall–Kier alpha value is -2.06. The molecule has 88 valence electrons. The Labute approximate surface area is 110 Å². The Balaban J connectivity index is 2.38. The largest absolute Gasteiger partial charge is 0.383 e. The molecular formula is C15H11ClN2. The summed E-state index contributed by atoms with van der Waals surface area (Å²) in [6.45, 7) is 0. The van der Waals surface area contributed by atoms with Crippen LogP contribution in [0.3, 0.4) is 0 Å². The van der Waals surface area contributed by atoms with E-state index in [0.29, 0.717) is 5.82 Å². The van der Waals surface area contributed by atoms with Crippen LogP contribution in [0.2, 0.25) is 5.02 Å². The number of aromatic nitrogens is 1. The molecule has 2 aromatic carbocycles. The van der Waals surface area contributed by atoms with E-state index in [1.807, 2.05) is 48.5 Å². The minimum atomic E-state index is 0.532. The Morgan fingerprint density at radius 1 is 0.833 bits per heavy atom. The number of halogens is 1. The number of nitrogens with two attached hydrogens (primary N) is 1. The summed E-state index contributed by atoms with van der Waals surface area (Å²) in [5.74, 6) is 0.532. The summed E-state index contributed by atoms with van der Waals surface area (Å²) >= 11 is 6.21. The van der Waals surface area contributed by atoms with Gasteiger partial charge in [-0.25, -0.2) is 4.98 Å². The highest BCUT2D eigenvalue weighted by Gasteiger charge is 2.08. The van der Waals surface area contributed by atoms with Crippen LogP contribution in [0.25, 0.3) is 21.9 Å². The van der Waals surface area contributed by atoms with Gasteiger partial charge >= 0.3 is 0 Å². The molecule has 0 aliphatic carbocycles. The van der Waals surface area contributed by atoms with E-state index in [0.717, 1.165) is 26.9 Å². The van der Waals surface area contributed by atoms with Crippen molar-refractivity contribution in [3.8, 4) is 11.1 Å². The smallest absolute Gasteiger partial charge is 0.131 e. The van der Waals surface area contributed by atoms with Crippen LogP contribution < -0.4 is 5.73 Å². The van der Waals surface area contributed by atoms with Crippen molar-refractivity contribution < 1.29 is 0 Å². The molecule has 0 saturated carbocycles. The van der Waals surface area contributed by atoms with Crippen LogP contribution in [-0.4, -0.2) is 4.98 Å². The fraction of sp³-hybridized carbons (Fsp3) is 0. The molecule has 0 aliphatic rings. The van der Waals surface area contributed by atoms with Gasteiger partial charge in [-0.3, -0.25) is 0 Å². The fourth-order valence-electron chi connectivity index (χ4n) is 2.14. The summed E-state index contributed by atoms with van der Waals surface area (Å²) in [6, 6.07) is 15.8. The highest BCUT2D eigenvalue weighted by Crippen LogP contribution is 2.34. The van der Waals surface area contributed by atoms with E-state index in [1.54, 1.807) is 6.20 Å². The Morgan fingerprint density at radius 3 is 2.39 bits per heavy atom. The highest BCUT2D eigenvalue weighted by atomic mass is 35.5. The SMILES string of the molecule is Nc1ncccc1-c1ccc(Cl)c2ccccc12. The van der Waals surface area contributed by atoms with Gasteiger partial charge in [-0.05, 0) is 29.1 Å². The summed E-state index contributed by atoms with van der Waals surface area (Å²) in [5, 5.41) is 2.86. The molecule has 0 radical (unpaired) electrons. The topological polar surface area (TPSA) is 38.9 Å². The lowest BCUT2D eigenvalue weighted by atomic mass is 9.99. The normalized spacial score (nSPS) is 10.7. The third-order valence-electron chi connectivity index (χ3n) is 3.00. The first-order valence-electron chi connectivity index (χ1n) is 5.65. The molecular weight excluding hydrogens is 244 g/mol. The van der Waals surface area contributed by atoms with Crippen molar-refractivity contribution >= 4 is 28.2 Å². The molecule has 2 nitrogen and oxygen atoms in total. The molecule has 0 amide bonds. The highest BCUT2D eigenvalue weighted by molar-refractivity contribution is 6.36. The molecule has 0 bridgehead atoms. The van der Waals surface area contributed by atoms with Crippen molar-refractivity contribution in [2.24, 2.45) is 0 Å². The second-order valence-electron chi connectivity index (χ2n) is 4.08. The van der Waals surface area contributed by atoms with Gasteiger partial charge in [0.05, 0.1) is 0 Å². The maximum atomic E-state index is 6.21. The first-order chi connectivity index (χ1) is 8.77. The van der Waals surface area contributed by atoms with Gasteiger partial charge in [0.15, 0.2) is 0 Å². The maximum absolute atomic E-state index is 6.21. The zero-order valence-electron chi connectivity index (χ0n) is 9.60. The first kappa shape index (κ1) is 11.1. The number of hydrogen-bond donors (Lipinski definition) is 1. The molecule has 2 N–H and O–H groups in total. The fourth-order valence-corrected chi connectivity index (χ4v) is 2.37. The third kappa shape index (κ3) is 1.71. The van der Waals surface area contributed by atoms with Gasteiger partial charge in [0.25, 0.3) is 0 Å². The molecule has 0 atom stereocenters. The molecule has 1 heterocycles. The number of hydrogen-bond acceptors (Lipinski definition) is 2. The first-order valence-corrected chi connectivity index (χ1v) is 6.03. The number of benzene rings is 2. The summed E-state index contributed by atoms with van der Waals surface area (Å²) in [4.78, 5) is 4.13. The van der Waals surface area contributed by atoms with Crippen LogP contribution >= 0.6 is 11.6 Å². The van der Waals surface area contributed by atoms with Crippen LogP contribution in [0, 0.1) is 0 Å². The quantitative estimate of drug-likeness (QED) is 0.709. The second-order valence-corrected chi connectivity index (χ2v) is 4.48. The van der Waals surface area contributed by atoms with Gasteiger partial charge in [-0.15, -0.1) is 0 Å². The molecule has 0 aliphatic heterocycles. The maximum Gasteiger partial charge on any atom is 0.131 e. The predicted molar refractivity (Wildman–Crippen MR) is 76.6 cm³/mol. The number of nitrogen functional groups attached to an aromatic ring is 1. The summed E-state index contributed by atoms with van der Waals surface area (Å²) < 4.78 is 0.